The second-order valence-electron chi connectivity index (χ2n) is 3.20. The summed E-state index contributed by atoms with van der Waals surface area (Å²) in [5.41, 5.74) is 5.43. The zero-order chi connectivity index (χ0) is 14.5. The molecule has 1 atom stereocenters. The maximum absolute atomic E-state index is 10.4. The number of aromatic hydroxyl groups is 1. The fourth-order valence-electron chi connectivity index (χ4n) is 0.725. The molecule has 7 nitrogen and oxygen atoms in total. The maximum Gasteiger partial charge on any atom is 0.339 e. The molecule has 0 aliphatic heterocycles. The van der Waals surface area contributed by atoms with Crippen LogP contribution in [0.1, 0.15) is 17.3 Å². The standard InChI is InChI=1S/C7H7NO3.C2H6O3S2/c8-4-1-2-6(9)5(3-4)7(10)11;1-2(6)7(3,4)5/h1-3,9H,8H2,(H,10,11);2,6H,1H3,(H,3,4,5). The van der Waals surface area contributed by atoms with Crippen molar-refractivity contribution in [1.82, 2.24) is 0 Å². The number of nitrogens with two attached hydrogens (primary N) is 1. The molecular formula is C9H13NO6S2. The molecule has 0 radical (unpaired) electrons. The maximum atomic E-state index is 10.4. The van der Waals surface area contributed by atoms with Crippen molar-refractivity contribution in [3.63, 3.8) is 0 Å². The molecule has 0 aliphatic rings. The molecule has 1 rings (SSSR count). The van der Waals surface area contributed by atoms with Gasteiger partial charge in [-0.2, -0.15) is 21.0 Å². The van der Waals surface area contributed by atoms with Gasteiger partial charge in [-0.05, 0) is 25.1 Å². The van der Waals surface area contributed by atoms with Crippen LogP contribution >= 0.6 is 12.6 Å². The van der Waals surface area contributed by atoms with Crippen molar-refractivity contribution >= 4 is 34.4 Å². The summed E-state index contributed by atoms with van der Waals surface area (Å²) in [4.78, 5) is 10.4. The summed E-state index contributed by atoms with van der Waals surface area (Å²) in [6.07, 6.45) is 0. The van der Waals surface area contributed by atoms with Crippen molar-refractivity contribution in [3.05, 3.63) is 23.8 Å². The number of aromatic carboxylic acids is 1. The molecule has 0 fully saturated rings. The van der Waals surface area contributed by atoms with E-state index in [0.29, 0.717) is 5.69 Å². The minimum absolute atomic E-state index is 0.176. The van der Waals surface area contributed by atoms with Gasteiger partial charge >= 0.3 is 5.97 Å². The Kier molecular flexibility index (Phi) is 5.95. The van der Waals surface area contributed by atoms with Gasteiger partial charge in [0.25, 0.3) is 10.1 Å². The SMILES string of the molecule is CC(S)S(=O)(=O)O.Nc1ccc(O)c(C(=O)O)c1. The molecule has 0 aromatic heterocycles. The third-order valence-electron chi connectivity index (χ3n) is 1.68. The lowest BCUT2D eigenvalue weighted by atomic mass is 10.2. The fourth-order valence-corrected chi connectivity index (χ4v) is 0.725. The van der Waals surface area contributed by atoms with Crippen molar-refractivity contribution < 1.29 is 28.0 Å². The first-order chi connectivity index (χ1) is 8.05. The quantitative estimate of drug-likeness (QED) is 0.236. The van der Waals surface area contributed by atoms with E-state index in [-0.39, 0.29) is 11.3 Å². The van der Waals surface area contributed by atoms with Gasteiger partial charge in [-0.1, -0.05) is 0 Å². The van der Waals surface area contributed by atoms with E-state index >= 15 is 0 Å². The Bertz CT molecular complexity index is 526. The van der Waals surface area contributed by atoms with Gasteiger partial charge in [0.05, 0.1) is 0 Å². The van der Waals surface area contributed by atoms with Crippen LogP contribution in [0.15, 0.2) is 18.2 Å². The summed E-state index contributed by atoms with van der Waals surface area (Å²) in [6.45, 7) is 1.28. The summed E-state index contributed by atoms with van der Waals surface area (Å²) in [6, 6.07) is 3.89. The smallest absolute Gasteiger partial charge is 0.339 e. The summed E-state index contributed by atoms with van der Waals surface area (Å²) < 4.78 is 26.6. The van der Waals surface area contributed by atoms with Gasteiger partial charge in [0, 0.05) is 5.69 Å². The van der Waals surface area contributed by atoms with Crippen molar-refractivity contribution in [3.8, 4) is 5.75 Å². The molecule has 18 heavy (non-hydrogen) atoms. The fraction of sp³-hybridized carbons (Fsp3) is 0.222. The van der Waals surface area contributed by atoms with Crippen molar-refractivity contribution in [2.45, 2.75) is 11.5 Å². The average Bonchev–Trinajstić information content (AvgIpc) is 2.20. The number of thiol groups is 1. The zero-order valence-electron chi connectivity index (χ0n) is 9.31. The van der Waals surface area contributed by atoms with Crippen molar-refractivity contribution in [2.24, 2.45) is 0 Å². The summed E-state index contributed by atoms with van der Waals surface area (Å²) in [7, 11) is -3.88. The minimum atomic E-state index is -3.88. The molecule has 0 spiro atoms. The number of anilines is 1. The number of hydrogen-bond donors (Lipinski definition) is 5. The normalized spacial score (nSPS) is 12.2. The third kappa shape index (κ3) is 5.75. The van der Waals surface area contributed by atoms with Crippen LogP contribution in [0.25, 0.3) is 0 Å². The Morgan fingerprint density at radius 2 is 1.89 bits per heavy atom. The lowest BCUT2D eigenvalue weighted by molar-refractivity contribution is 0.0693. The Labute approximate surface area is 109 Å². The highest BCUT2D eigenvalue weighted by molar-refractivity contribution is 8.01. The van der Waals surface area contributed by atoms with Gasteiger partial charge in [-0.15, -0.1) is 0 Å². The minimum Gasteiger partial charge on any atom is -0.507 e. The first-order valence-corrected chi connectivity index (χ1v) is 6.53. The molecule has 0 saturated carbocycles. The number of rotatable bonds is 2. The van der Waals surface area contributed by atoms with Gasteiger partial charge in [0.15, 0.2) is 0 Å². The van der Waals surface area contributed by atoms with Gasteiger partial charge in [-0.25, -0.2) is 4.79 Å². The molecule has 1 unspecified atom stereocenters. The van der Waals surface area contributed by atoms with Crippen LogP contribution < -0.4 is 5.73 Å². The molecule has 102 valence electrons. The highest BCUT2D eigenvalue weighted by Gasteiger charge is 2.09. The second-order valence-corrected chi connectivity index (χ2v) is 6.06. The van der Waals surface area contributed by atoms with E-state index in [2.05, 4.69) is 12.6 Å². The second kappa shape index (κ2) is 6.47. The average molecular weight is 295 g/mol. The molecule has 0 bridgehead atoms. The predicted octanol–water partition coefficient (Wildman–Crippen LogP) is 0.823. The Balaban J connectivity index is 0.000000360. The van der Waals surface area contributed by atoms with E-state index < -0.39 is 20.7 Å². The van der Waals surface area contributed by atoms with Crippen LogP contribution in [0, 0.1) is 0 Å². The highest BCUT2D eigenvalue weighted by Crippen LogP contribution is 2.18. The molecule has 9 heteroatoms. The van der Waals surface area contributed by atoms with Crippen molar-refractivity contribution in [2.75, 3.05) is 5.73 Å². The van der Waals surface area contributed by atoms with Crippen LogP contribution in [0.5, 0.6) is 5.75 Å². The van der Waals surface area contributed by atoms with Gasteiger partial charge in [0.1, 0.15) is 15.9 Å². The summed E-state index contributed by atoms with van der Waals surface area (Å²) >= 11 is 3.44. The van der Waals surface area contributed by atoms with Gasteiger partial charge in [0.2, 0.25) is 0 Å². The van der Waals surface area contributed by atoms with Crippen LogP contribution in [-0.2, 0) is 10.1 Å². The molecule has 0 saturated heterocycles. The number of phenols is 1. The predicted molar refractivity (Wildman–Crippen MR) is 69.5 cm³/mol. The van der Waals surface area contributed by atoms with E-state index in [0.717, 1.165) is 0 Å². The van der Waals surface area contributed by atoms with E-state index in [1.165, 1.54) is 25.1 Å². The zero-order valence-corrected chi connectivity index (χ0v) is 11.0. The summed E-state index contributed by atoms with van der Waals surface area (Å²) in [5, 5.41) is 17.4. The summed E-state index contributed by atoms with van der Waals surface area (Å²) in [5.74, 6) is -1.46. The molecule has 5 N–H and O–H groups in total. The molecule has 1 aromatic rings. The third-order valence-corrected chi connectivity index (χ3v) is 3.34. The number of carbonyl (C=O) groups is 1. The van der Waals surface area contributed by atoms with Crippen LogP contribution in [0.2, 0.25) is 0 Å². The highest BCUT2D eigenvalue weighted by atomic mass is 32.3. The van der Waals surface area contributed by atoms with E-state index in [9.17, 15) is 13.2 Å². The van der Waals surface area contributed by atoms with E-state index in [4.69, 9.17) is 20.5 Å². The first kappa shape index (κ1) is 16.6. The van der Waals surface area contributed by atoms with Crippen LogP contribution in [0.4, 0.5) is 5.69 Å². The number of carboxylic acid groups (broad SMARTS) is 1. The monoisotopic (exact) mass is 295 g/mol. The molecule has 0 amide bonds. The van der Waals surface area contributed by atoms with Crippen molar-refractivity contribution in [1.29, 1.82) is 0 Å². The Morgan fingerprint density at radius 1 is 1.44 bits per heavy atom. The lowest BCUT2D eigenvalue weighted by Gasteiger charge is -1.98. The van der Waals surface area contributed by atoms with E-state index in [1.54, 1.807) is 0 Å². The number of hydrogen-bond acceptors (Lipinski definition) is 6. The number of carboxylic acids is 1. The topological polar surface area (TPSA) is 138 Å². The Morgan fingerprint density at radius 3 is 2.17 bits per heavy atom. The van der Waals surface area contributed by atoms with Gasteiger partial charge in [-0.3, -0.25) is 4.55 Å². The molecule has 0 heterocycles. The van der Waals surface area contributed by atoms with Gasteiger partial charge < -0.3 is 15.9 Å². The molecule has 1 aromatic carbocycles. The largest absolute Gasteiger partial charge is 0.507 e. The first-order valence-electron chi connectivity index (χ1n) is 4.52. The molecular weight excluding hydrogens is 282 g/mol. The van der Waals surface area contributed by atoms with Crippen LogP contribution in [0.3, 0.4) is 0 Å². The van der Waals surface area contributed by atoms with E-state index in [1.807, 2.05) is 0 Å². The number of benzene rings is 1. The number of nitrogen functional groups attached to an aromatic ring is 1. The van der Waals surface area contributed by atoms with Crippen LogP contribution in [-0.4, -0.2) is 33.7 Å². The Hall–Kier alpha value is -1.45. The molecule has 0 aliphatic carbocycles. The lowest BCUT2D eigenvalue weighted by Crippen LogP contribution is -2.08.